The van der Waals surface area contributed by atoms with E-state index in [1.54, 1.807) is 7.11 Å². The first-order chi connectivity index (χ1) is 11.9. The standard InChI is InChI=1S/C17H18ClFN2O3S/c1-24-15-7-3-2-6-14(15)20-9-11-21(12-10-20)25(22,23)16-8-4-5-13(18)17(16)19/h2-8H,9-12H2,1H3. The molecule has 1 aliphatic rings. The molecule has 1 saturated heterocycles. The maximum Gasteiger partial charge on any atom is 0.246 e. The van der Waals surface area contributed by atoms with Crippen LogP contribution in [0.3, 0.4) is 0 Å². The van der Waals surface area contributed by atoms with Crippen LogP contribution in [-0.4, -0.2) is 46.0 Å². The second-order valence-corrected chi connectivity index (χ2v) is 7.93. The van der Waals surface area contributed by atoms with Crippen LogP contribution in [0.4, 0.5) is 10.1 Å². The molecule has 3 rings (SSSR count). The number of sulfonamides is 1. The summed E-state index contributed by atoms with van der Waals surface area (Å²) in [6.07, 6.45) is 0. The average Bonchev–Trinajstić information content (AvgIpc) is 2.64. The largest absolute Gasteiger partial charge is 0.495 e. The Hall–Kier alpha value is -1.83. The number of halogens is 2. The summed E-state index contributed by atoms with van der Waals surface area (Å²) < 4.78 is 46.2. The van der Waals surface area contributed by atoms with Crippen molar-refractivity contribution in [1.82, 2.24) is 4.31 Å². The van der Waals surface area contributed by atoms with E-state index in [4.69, 9.17) is 16.3 Å². The normalized spacial score (nSPS) is 16.0. The van der Waals surface area contributed by atoms with Crippen molar-refractivity contribution in [3.8, 4) is 5.75 Å². The van der Waals surface area contributed by atoms with Gasteiger partial charge in [0.05, 0.1) is 17.8 Å². The van der Waals surface area contributed by atoms with E-state index in [2.05, 4.69) is 4.90 Å². The molecular formula is C17H18ClFN2O3S. The zero-order chi connectivity index (χ0) is 18.0. The van der Waals surface area contributed by atoms with Crippen molar-refractivity contribution in [2.45, 2.75) is 4.90 Å². The molecule has 0 atom stereocenters. The molecule has 0 amide bonds. The van der Waals surface area contributed by atoms with Gasteiger partial charge in [-0.15, -0.1) is 0 Å². The zero-order valence-electron chi connectivity index (χ0n) is 13.7. The zero-order valence-corrected chi connectivity index (χ0v) is 15.2. The van der Waals surface area contributed by atoms with Gasteiger partial charge >= 0.3 is 0 Å². The van der Waals surface area contributed by atoms with E-state index in [1.807, 2.05) is 24.3 Å². The number of methoxy groups -OCH3 is 1. The van der Waals surface area contributed by atoms with Crippen LogP contribution in [0.5, 0.6) is 5.75 Å². The summed E-state index contributed by atoms with van der Waals surface area (Å²) in [5, 5.41) is -0.200. The van der Waals surface area contributed by atoms with E-state index in [0.29, 0.717) is 13.1 Å². The molecule has 0 aliphatic carbocycles. The van der Waals surface area contributed by atoms with Gasteiger partial charge in [-0.25, -0.2) is 12.8 Å². The minimum atomic E-state index is -3.92. The fourth-order valence-electron chi connectivity index (χ4n) is 2.88. The molecule has 0 N–H and O–H groups in total. The Morgan fingerprint density at radius 1 is 1.04 bits per heavy atom. The molecule has 0 aromatic heterocycles. The van der Waals surface area contributed by atoms with Gasteiger partial charge in [0.25, 0.3) is 0 Å². The number of benzene rings is 2. The molecule has 0 saturated carbocycles. The van der Waals surface area contributed by atoms with Crippen molar-refractivity contribution in [2.75, 3.05) is 38.2 Å². The molecule has 0 bridgehead atoms. The number of piperazine rings is 1. The van der Waals surface area contributed by atoms with Crippen LogP contribution in [0, 0.1) is 5.82 Å². The fraction of sp³-hybridized carbons (Fsp3) is 0.294. The predicted molar refractivity (Wildman–Crippen MR) is 95.4 cm³/mol. The van der Waals surface area contributed by atoms with E-state index >= 15 is 0 Å². The topological polar surface area (TPSA) is 49.9 Å². The lowest BCUT2D eigenvalue weighted by atomic mass is 10.2. The number of rotatable bonds is 4. The summed E-state index contributed by atoms with van der Waals surface area (Å²) in [6, 6.07) is 11.6. The summed E-state index contributed by atoms with van der Waals surface area (Å²) >= 11 is 5.72. The molecule has 8 heteroatoms. The summed E-state index contributed by atoms with van der Waals surface area (Å²) in [5.41, 5.74) is 0.913. The van der Waals surface area contributed by atoms with E-state index < -0.39 is 15.8 Å². The Balaban J connectivity index is 1.79. The van der Waals surface area contributed by atoms with Crippen molar-refractivity contribution in [3.05, 3.63) is 53.3 Å². The van der Waals surface area contributed by atoms with Crippen LogP contribution in [0.2, 0.25) is 5.02 Å². The predicted octanol–water partition coefficient (Wildman–Crippen LogP) is 3.00. The highest BCUT2D eigenvalue weighted by molar-refractivity contribution is 7.89. The first-order valence-corrected chi connectivity index (χ1v) is 9.59. The molecular weight excluding hydrogens is 367 g/mol. The first kappa shape index (κ1) is 18.0. The highest BCUT2D eigenvalue weighted by atomic mass is 35.5. The van der Waals surface area contributed by atoms with Crippen LogP contribution in [0.1, 0.15) is 0 Å². The maximum atomic E-state index is 14.1. The number of anilines is 1. The Morgan fingerprint density at radius 2 is 1.72 bits per heavy atom. The van der Waals surface area contributed by atoms with Crippen molar-refractivity contribution in [2.24, 2.45) is 0 Å². The van der Waals surface area contributed by atoms with Gasteiger partial charge in [0.2, 0.25) is 10.0 Å². The quantitative estimate of drug-likeness (QED) is 0.813. The number of nitrogens with zero attached hydrogens (tertiary/aromatic N) is 2. The third-order valence-electron chi connectivity index (χ3n) is 4.20. The Morgan fingerprint density at radius 3 is 2.40 bits per heavy atom. The van der Waals surface area contributed by atoms with Crippen LogP contribution in [-0.2, 0) is 10.0 Å². The lowest BCUT2D eigenvalue weighted by Crippen LogP contribution is -2.48. The van der Waals surface area contributed by atoms with E-state index in [9.17, 15) is 12.8 Å². The summed E-state index contributed by atoms with van der Waals surface area (Å²) in [6.45, 7) is 1.49. The van der Waals surface area contributed by atoms with Gasteiger partial charge in [0.15, 0.2) is 5.82 Å². The first-order valence-electron chi connectivity index (χ1n) is 7.77. The smallest absolute Gasteiger partial charge is 0.246 e. The molecule has 2 aromatic rings. The van der Waals surface area contributed by atoms with Gasteiger partial charge in [0.1, 0.15) is 10.6 Å². The summed E-state index contributed by atoms with van der Waals surface area (Å²) in [4.78, 5) is 1.67. The van der Waals surface area contributed by atoms with E-state index in [0.717, 1.165) is 11.4 Å². The summed E-state index contributed by atoms with van der Waals surface area (Å²) in [7, 11) is -2.32. The highest BCUT2D eigenvalue weighted by Crippen LogP contribution is 2.30. The van der Waals surface area contributed by atoms with E-state index in [-0.39, 0.29) is 23.0 Å². The minimum Gasteiger partial charge on any atom is -0.495 e. The van der Waals surface area contributed by atoms with Gasteiger partial charge in [-0.05, 0) is 24.3 Å². The van der Waals surface area contributed by atoms with Crippen LogP contribution in [0.25, 0.3) is 0 Å². The second kappa shape index (κ2) is 7.19. The second-order valence-electron chi connectivity index (χ2n) is 5.61. The lowest BCUT2D eigenvalue weighted by Gasteiger charge is -2.36. The SMILES string of the molecule is COc1ccccc1N1CCN(S(=O)(=O)c2cccc(Cl)c2F)CC1. The fourth-order valence-corrected chi connectivity index (χ4v) is 4.62. The van der Waals surface area contributed by atoms with Crippen LogP contribution >= 0.6 is 11.6 Å². The minimum absolute atomic E-state index is 0.200. The van der Waals surface area contributed by atoms with Crippen molar-refractivity contribution in [1.29, 1.82) is 0 Å². The Bertz CT molecular complexity index is 868. The third-order valence-corrected chi connectivity index (χ3v) is 6.41. The average molecular weight is 385 g/mol. The molecule has 25 heavy (non-hydrogen) atoms. The highest BCUT2D eigenvalue weighted by Gasteiger charge is 2.31. The Labute approximate surface area is 151 Å². The Kier molecular flexibility index (Phi) is 5.17. The van der Waals surface area contributed by atoms with Crippen LogP contribution < -0.4 is 9.64 Å². The molecule has 1 aliphatic heterocycles. The molecule has 0 spiro atoms. The molecule has 1 heterocycles. The molecule has 1 fully saturated rings. The number of ether oxygens (including phenoxy) is 1. The molecule has 134 valence electrons. The molecule has 0 unspecified atom stereocenters. The van der Waals surface area contributed by atoms with E-state index in [1.165, 1.54) is 22.5 Å². The monoisotopic (exact) mass is 384 g/mol. The number of hydrogen-bond donors (Lipinski definition) is 0. The van der Waals surface area contributed by atoms with Crippen molar-refractivity contribution < 1.29 is 17.5 Å². The molecule has 2 aromatic carbocycles. The number of hydrogen-bond acceptors (Lipinski definition) is 4. The van der Waals surface area contributed by atoms with Gasteiger partial charge in [-0.3, -0.25) is 0 Å². The van der Waals surface area contributed by atoms with Crippen LogP contribution in [0.15, 0.2) is 47.4 Å². The lowest BCUT2D eigenvalue weighted by molar-refractivity contribution is 0.376. The third kappa shape index (κ3) is 3.44. The number of para-hydroxylation sites is 2. The maximum absolute atomic E-state index is 14.1. The van der Waals surface area contributed by atoms with Crippen molar-refractivity contribution in [3.63, 3.8) is 0 Å². The molecule has 5 nitrogen and oxygen atoms in total. The van der Waals surface area contributed by atoms with Gasteiger partial charge in [-0.2, -0.15) is 4.31 Å². The molecule has 0 radical (unpaired) electrons. The van der Waals surface area contributed by atoms with Gasteiger partial charge in [0, 0.05) is 26.2 Å². The summed E-state index contributed by atoms with van der Waals surface area (Å²) in [5.74, 6) is -0.170. The van der Waals surface area contributed by atoms with Crippen molar-refractivity contribution >= 4 is 27.3 Å². The van der Waals surface area contributed by atoms with Gasteiger partial charge in [-0.1, -0.05) is 29.8 Å². The van der Waals surface area contributed by atoms with Gasteiger partial charge < -0.3 is 9.64 Å².